The lowest BCUT2D eigenvalue weighted by Gasteiger charge is -2.33. The molecule has 4 atom stereocenters. The van der Waals surface area contributed by atoms with E-state index in [9.17, 15) is 15.0 Å². The molecule has 3 N–H and O–H groups in total. The third kappa shape index (κ3) is 5.82. The molecule has 5 heteroatoms. The van der Waals surface area contributed by atoms with Crippen molar-refractivity contribution < 1.29 is 19.7 Å². The van der Waals surface area contributed by atoms with Crippen molar-refractivity contribution >= 4 is 5.91 Å². The highest BCUT2D eigenvalue weighted by Gasteiger charge is 2.37. The first kappa shape index (κ1) is 23.7. The van der Waals surface area contributed by atoms with Crippen LogP contribution in [0.15, 0.2) is 91.0 Å². The van der Waals surface area contributed by atoms with Gasteiger partial charge in [0.25, 0.3) is 0 Å². The number of ether oxygens (including phenoxy) is 1. The fraction of sp³-hybridized carbons (Fsp3) is 0.296. The Morgan fingerprint density at radius 1 is 0.781 bits per heavy atom. The molecule has 5 nitrogen and oxygen atoms in total. The molecule has 0 saturated carbocycles. The Labute approximate surface area is 189 Å². The van der Waals surface area contributed by atoms with E-state index in [4.69, 9.17) is 4.74 Å². The zero-order valence-electron chi connectivity index (χ0n) is 18.3. The van der Waals surface area contributed by atoms with Gasteiger partial charge in [0.05, 0.1) is 19.3 Å². The minimum atomic E-state index is -0.850. The number of nitrogens with one attached hydrogen (secondary N) is 1. The largest absolute Gasteiger partial charge is 0.396 e. The van der Waals surface area contributed by atoms with Gasteiger partial charge in [-0.2, -0.15) is 0 Å². The maximum absolute atomic E-state index is 13.5. The molecule has 0 aliphatic carbocycles. The lowest BCUT2D eigenvalue weighted by atomic mass is 9.78. The Hall–Kier alpha value is -2.99. The van der Waals surface area contributed by atoms with Crippen LogP contribution in [-0.4, -0.2) is 42.0 Å². The third-order valence-corrected chi connectivity index (χ3v) is 5.67. The molecular formula is C27H31NO4. The van der Waals surface area contributed by atoms with E-state index < -0.39 is 18.1 Å². The highest BCUT2D eigenvalue weighted by atomic mass is 16.5. The van der Waals surface area contributed by atoms with E-state index in [0.717, 1.165) is 16.7 Å². The van der Waals surface area contributed by atoms with Crippen LogP contribution in [0.25, 0.3) is 0 Å². The summed E-state index contributed by atoms with van der Waals surface area (Å²) in [5.74, 6) is -1.08. The van der Waals surface area contributed by atoms with Crippen molar-refractivity contribution in [2.24, 2.45) is 0 Å². The van der Waals surface area contributed by atoms with Gasteiger partial charge in [0.15, 0.2) is 0 Å². The van der Waals surface area contributed by atoms with Crippen LogP contribution >= 0.6 is 0 Å². The van der Waals surface area contributed by atoms with E-state index >= 15 is 0 Å². The SMILES string of the molecule is CCOC(C(=O)NC(CO)c1ccccc1)C(c1ccccc1)C(CO)c1ccccc1. The summed E-state index contributed by atoms with van der Waals surface area (Å²) in [5.41, 5.74) is 2.66. The molecule has 0 spiro atoms. The average Bonchev–Trinajstić information content (AvgIpc) is 2.86. The molecule has 0 radical (unpaired) electrons. The molecule has 3 aromatic carbocycles. The van der Waals surface area contributed by atoms with Gasteiger partial charge in [-0.25, -0.2) is 0 Å². The predicted octanol–water partition coefficient (Wildman–Crippen LogP) is 3.80. The van der Waals surface area contributed by atoms with Gasteiger partial charge in [0.1, 0.15) is 6.10 Å². The van der Waals surface area contributed by atoms with Crippen LogP contribution in [0.1, 0.15) is 41.5 Å². The summed E-state index contributed by atoms with van der Waals surface area (Å²) < 4.78 is 6.00. The van der Waals surface area contributed by atoms with E-state index in [-0.39, 0.29) is 25.0 Å². The monoisotopic (exact) mass is 433 g/mol. The zero-order chi connectivity index (χ0) is 22.8. The van der Waals surface area contributed by atoms with Crippen LogP contribution in [0, 0.1) is 0 Å². The molecule has 0 heterocycles. The molecule has 0 aromatic heterocycles. The van der Waals surface area contributed by atoms with Gasteiger partial charge in [0.2, 0.25) is 5.91 Å². The molecule has 4 unspecified atom stereocenters. The summed E-state index contributed by atoms with van der Waals surface area (Å²) >= 11 is 0. The van der Waals surface area contributed by atoms with E-state index in [1.165, 1.54) is 0 Å². The number of hydrogen-bond donors (Lipinski definition) is 3. The van der Waals surface area contributed by atoms with Crippen molar-refractivity contribution in [3.8, 4) is 0 Å². The van der Waals surface area contributed by atoms with Gasteiger partial charge in [-0.15, -0.1) is 0 Å². The molecule has 0 saturated heterocycles. The number of aliphatic hydroxyl groups excluding tert-OH is 2. The fourth-order valence-corrected chi connectivity index (χ4v) is 4.12. The summed E-state index contributed by atoms with van der Waals surface area (Å²) in [6.07, 6.45) is -0.850. The zero-order valence-corrected chi connectivity index (χ0v) is 18.3. The third-order valence-electron chi connectivity index (χ3n) is 5.67. The van der Waals surface area contributed by atoms with Crippen LogP contribution in [-0.2, 0) is 9.53 Å². The van der Waals surface area contributed by atoms with Gasteiger partial charge in [-0.05, 0) is 23.6 Å². The number of carbonyl (C=O) groups excluding carboxylic acids is 1. The van der Waals surface area contributed by atoms with Crippen molar-refractivity contribution in [3.63, 3.8) is 0 Å². The Morgan fingerprint density at radius 3 is 1.75 bits per heavy atom. The number of hydrogen-bond acceptors (Lipinski definition) is 4. The minimum absolute atomic E-state index is 0.136. The molecule has 0 bridgehead atoms. The lowest BCUT2D eigenvalue weighted by molar-refractivity contribution is -0.136. The number of rotatable bonds is 11. The van der Waals surface area contributed by atoms with E-state index in [2.05, 4.69) is 5.32 Å². The molecule has 168 valence electrons. The smallest absolute Gasteiger partial charge is 0.250 e. The Morgan fingerprint density at radius 2 is 1.28 bits per heavy atom. The fourth-order valence-electron chi connectivity index (χ4n) is 4.12. The summed E-state index contributed by atoms with van der Waals surface area (Å²) in [4.78, 5) is 13.5. The van der Waals surface area contributed by atoms with Crippen LogP contribution < -0.4 is 5.32 Å². The quantitative estimate of drug-likeness (QED) is 0.430. The Kier molecular flexibility index (Phi) is 8.99. The van der Waals surface area contributed by atoms with Crippen LogP contribution in [0.3, 0.4) is 0 Å². The van der Waals surface area contributed by atoms with E-state index in [1.807, 2.05) is 97.9 Å². The highest BCUT2D eigenvalue weighted by molar-refractivity contribution is 5.82. The minimum Gasteiger partial charge on any atom is -0.396 e. The number of benzene rings is 3. The topological polar surface area (TPSA) is 78.8 Å². The van der Waals surface area contributed by atoms with Crippen LogP contribution in [0.4, 0.5) is 0 Å². The molecule has 3 rings (SSSR count). The van der Waals surface area contributed by atoms with E-state index in [1.54, 1.807) is 0 Å². The average molecular weight is 434 g/mol. The maximum atomic E-state index is 13.5. The van der Waals surface area contributed by atoms with Crippen molar-refractivity contribution in [2.75, 3.05) is 19.8 Å². The van der Waals surface area contributed by atoms with Gasteiger partial charge in [-0.3, -0.25) is 4.79 Å². The second-order valence-electron chi connectivity index (χ2n) is 7.67. The van der Waals surface area contributed by atoms with Gasteiger partial charge in [0, 0.05) is 18.4 Å². The van der Waals surface area contributed by atoms with Gasteiger partial charge >= 0.3 is 0 Å². The van der Waals surface area contributed by atoms with Crippen molar-refractivity contribution in [1.29, 1.82) is 0 Å². The molecule has 32 heavy (non-hydrogen) atoms. The highest BCUT2D eigenvalue weighted by Crippen LogP contribution is 2.37. The molecule has 0 aliphatic heterocycles. The molecule has 0 fully saturated rings. The number of aliphatic hydroxyl groups is 2. The summed E-state index contributed by atoms with van der Waals surface area (Å²) in [6.45, 7) is 1.82. The molecule has 0 aliphatic rings. The standard InChI is InChI=1S/C27H31NO4/c1-2-32-26(27(31)28-24(19-30)21-14-8-4-9-15-21)25(22-16-10-5-11-17-22)23(18-29)20-12-6-3-7-13-20/h3-17,23-26,29-30H,2,18-19H2,1H3,(H,28,31). The van der Waals surface area contributed by atoms with Crippen LogP contribution in [0.5, 0.6) is 0 Å². The lowest BCUT2D eigenvalue weighted by Crippen LogP contribution is -2.45. The number of carbonyl (C=O) groups is 1. The molecule has 1 amide bonds. The summed E-state index contributed by atoms with van der Waals surface area (Å²) in [5, 5.41) is 23.3. The van der Waals surface area contributed by atoms with Crippen molar-refractivity contribution in [3.05, 3.63) is 108 Å². The van der Waals surface area contributed by atoms with Crippen molar-refractivity contribution in [1.82, 2.24) is 5.32 Å². The normalized spacial score (nSPS) is 14.8. The first-order valence-corrected chi connectivity index (χ1v) is 11.0. The Balaban J connectivity index is 1.98. The second-order valence-corrected chi connectivity index (χ2v) is 7.67. The second kappa shape index (κ2) is 12.2. The summed E-state index contributed by atoms with van der Waals surface area (Å²) in [7, 11) is 0. The molecule has 3 aromatic rings. The first-order chi connectivity index (χ1) is 15.7. The van der Waals surface area contributed by atoms with Gasteiger partial charge < -0.3 is 20.3 Å². The van der Waals surface area contributed by atoms with Crippen molar-refractivity contribution in [2.45, 2.75) is 30.9 Å². The van der Waals surface area contributed by atoms with Gasteiger partial charge in [-0.1, -0.05) is 91.0 Å². The molecular weight excluding hydrogens is 402 g/mol. The van der Waals surface area contributed by atoms with Crippen LogP contribution in [0.2, 0.25) is 0 Å². The number of amides is 1. The maximum Gasteiger partial charge on any atom is 0.250 e. The Bertz CT molecular complexity index is 934. The predicted molar refractivity (Wildman–Crippen MR) is 125 cm³/mol. The summed E-state index contributed by atoms with van der Waals surface area (Å²) in [6, 6.07) is 28.2. The first-order valence-electron chi connectivity index (χ1n) is 11.0. The van der Waals surface area contributed by atoms with E-state index in [0.29, 0.717) is 6.61 Å².